The lowest BCUT2D eigenvalue weighted by atomic mass is 9.64. The quantitative estimate of drug-likeness (QED) is 0.277. The van der Waals surface area contributed by atoms with Gasteiger partial charge in [0.05, 0.1) is 9.80 Å². The highest BCUT2D eigenvalue weighted by atomic mass is 32.2. The first-order valence-corrected chi connectivity index (χ1v) is 17.0. The maximum Gasteiger partial charge on any atom is 0.268 e. The first kappa shape index (κ1) is 30.1. The van der Waals surface area contributed by atoms with E-state index in [0.717, 1.165) is 37.8 Å². The molecule has 4 atom stereocenters. The minimum Gasteiger partial charge on any atom is -0.374 e. The molecule has 214 valence electrons. The van der Waals surface area contributed by atoms with Gasteiger partial charge in [0.15, 0.2) is 0 Å². The van der Waals surface area contributed by atoms with Crippen LogP contribution in [0.15, 0.2) is 45.8 Å². The van der Waals surface area contributed by atoms with Crippen molar-refractivity contribution in [2.75, 3.05) is 13.6 Å². The molecule has 1 N–H and O–H groups in total. The van der Waals surface area contributed by atoms with Gasteiger partial charge < -0.3 is 4.90 Å². The Balaban J connectivity index is 1.63. The third-order valence-corrected chi connectivity index (χ3v) is 11.5. The van der Waals surface area contributed by atoms with E-state index in [9.17, 15) is 18.0 Å². The van der Waals surface area contributed by atoms with Gasteiger partial charge in [-0.1, -0.05) is 94.6 Å². The number of allylic oxidation sites excluding steroid dienone is 1. The largest absolute Gasteiger partial charge is 0.374 e. The molecule has 1 aromatic rings. The van der Waals surface area contributed by atoms with E-state index in [0.29, 0.717) is 33.0 Å². The summed E-state index contributed by atoms with van der Waals surface area (Å²) in [5.41, 5.74) is 1.09. The smallest absolute Gasteiger partial charge is 0.268 e. The van der Waals surface area contributed by atoms with Crippen LogP contribution in [0.25, 0.3) is 0 Å². The first-order valence-electron chi connectivity index (χ1n) is 14.3. The van der Waals surface area contributed by atoms with Gasteiger partial charge in [0.25, 0.3) is 21.8 Å². The van der Waals surface area contributed by atoms with Crippen LogP contribution in [0.5, 0.6) is 0 Å². The molecular formula is C29H41N3O4S3. The fraction of sp³-hybridized carbons (Fsp3) is 0.621. The molecule has 4 rings (SSSR count). The number of nitrogens with zero attached hydrogens (tertiary/aromatic N) is 2. The summed E-state index contributed by atoms with van der Waals surface area (Å²) in [5, 5.41) is 0. The second-order valence-corrected chi connectivity index (χ2v) is 14.3. The number of hydrogen-bond donors (Lipinski definition) is 1. The molecule has 0 spiro atoms. The van der Waals surface area contributed by atoms with Crippen molar-refractivity contribution in [2.24, 2.45) is 17.8 Å². The van der Waals surface area contributed by atoms with Crippen molar-refractivity contribution >= 4 is 50.1 Å². The van der Waals surface area contributed by atoms with Crippen LogP contribution >= 0.6 is 24.0 Å². The van der Waals surface area contributed by atoms with Gasteiger partial charge in [-0.2, -0.15) is 0 Å². The number of sulfonamides is 1. The minimum atomic E-state index is -4.04. The van der Waals surface area contributed by atoms with Gasteiger partial charge in [0, 0.05) is 24.7 Å². The van der Waals surface area contributed by atoms with Crippen molar-refractivity contribution in [3.8, 4) is 0 Å². The maximum absolute atomic E-state index is 13.9. The lowest BCUT2D eigenvalue weighted by Crippen LogP contribution is -2.43. The Hall–Kier alpha value is -1.91. The SMILES string of the molecule is CCCC(CC)N(C)C(=C1SC(=S)N(CC(=O)NS(=O)(=O)c2ccccc2)C1=O)C1CCCC2CCCCC21. The number of rotatable bonds is 10. The molecule has 1 saturated heterocycles. The van der Waals surface area contributed by atoms with Gasteiger partial charge in [0.2, 0.25) is 0 Å². The number of carbonyl (C=O) groups excluding carboxylic acids is 2. The van der Waals surface area contributed by atoms with Crippen LogP contribution in [0.1, 0.15) is 78.1 Å². The second-order valence-electron chi connectivity index (χ2n) is 11.0. The van der Waals surface area contributed by atoms with E-state index in [-0.39, 0.29) is 10.8 Å². The van der Waals surface area contributed by atoms with Crippen LogP contribution in [0.3, 0.4) is 0 Å². The zero-order chi connectivity index (χ0) is 28.2. The number of carbonyl (C=O) groups is 2. The van der Waals surface area contributed by atoms with E-state index >= 15 is 0 Å². The Morgan fingerprint density at radius 2 is 1.82 bits per heavy atom. The van der Waals surface area contributed by atoms with Crippen molar-refractivity contribution in [3.05, 3.63) is 40.9 Å². The lowest BCUT2D eigenvalue weighted by molar-refractivity contribution is -0.128. The minimum absolute atomic E-state index is 0.00610. The number of benzene rings is 1. The van der Waals surface area contributed by atoms with Gasteiger partial charge in [-0.3, -0.25) is 14.5 Å². The predicted octanol–water partition coefficient (Wildman–Crippen LogP) is 5.68. The summed E-state index contributed by atoms with van der Waals surface area (Å²) < 4.78 is 27.7. The van der Waals surface area contributed by atoms with Gasteiger partial charge >= 0.3 is 0 Å². The molecule has 4 unspecified atom stereocenters. The van der Waals surface area contributed by atoms with Crippen molar-refractivity contribution < 1.29 is 18.0 Å². The van der Waals surface area contributed by atoms with Crippen molar-refractivity contribution in [3.63, 3.8) is 0 Å². The Kier molecular flexibility index (Phi) is 10.1. The monoisotopic (exact) mass is 591 g/mol. The van der Waals surface area contributed by atoms with Gasteiger partial charge in [-0.15, -0.1) is 0 Å². The van der Waals surface area contributed by atoms with Crippen molar-refractivity contribution in [1.29, 1.82) is 0 Å². The Bertz CT molecular complexity index is 1200. The Morgan fingerprint density at radius 3 is 2.51 bits per heavy atom. The van der Waals surface area contributed by atoms with E-state index in [2.05, 4.69) is 30.5 Å². The van der Waals surface area contributed by atoms with Crippen LogP contribution in [0, 0.1) is 17.8 Å². The van der Waals surface area contributed by atoms with Gasteiger partial charge in [0.1, 0.15) is 10.9 Å². The van der Waals surface area contributed by atoms with Crippen LogP contribution in [0.2, 0.25) is 0 Å². The van der Waals surface area contributed by atoms with Gasteiger partial charge in [-0.05, 0) is 49.7 Å². The summed E-state index contributed by atoms with van der Waals surface area (Å²) in [6.07, 6.45) is 11.5. The van der Waals surface area contributed by atoms with Crippen LogP contribution in [-0.4, -0.2) is 54.0 Å². The number of fused-ring (bicyclic) bond motifs is 1. The molecule has 39 heavy (non-hydrogen) atoms. The van der Waals surface area contributed by atoms with Gasteiger partial charge in [-0.25, -0.2) is 13.1 Å². The lowest BCUT2D eigenvalue weighted by Gasteiger charge is -2.46. The Morgan fingerprint density at radius 1 is 1.13 bits per heavy atom. The summed E-state index contributed by atoms with van der Waals surface area (Å²) in [5.74, 6) is 0.483. The van der Waals surface area contributed by atoms with Crippen LogP contribution < -0.4 is 4.72 Å². The number of nitrogens with one attached hydrogen (secondary N) is 1. The topological polar surface area (TPSA) is 86.8 Å². The average molecular weight is 592 g/mol. The van der Waals surface area contributed by atoms with Crippen molar-refractivity contribution in [1.82, 2.24) is 14.5 Å². The van der Waals surface area contributed by atoms with E-state index in [4.69, 9.17) is 12.2 Å². The normalized spacial score (nSPS) is 25.7. The fourth-order valence-corrected chi connectivity index (χ4v) is 9.17. The highest BCUT2D eigenvalue weighted by Gasteiger charge is 2.44. The molecule has 2 aliphatic carbocycles. The summed E-state index contributed by atoms with van der Waals surface area (Å²) in [6, 6.07) is 8.04. The molecular weight excluding hydrogens is 551 g/mol. The van der Waals surface area contributed by atoms with E-state index in [1.807, 2.05) is 0 Å². The molecule has 0 bridgehead atoms. The first-order chi connectivity index (χ1) is 18.7. The summed E-state index contributed by atoms with van der Waals surface area (Å²) in [6.45, 7) is 3.96. The molecule has 1 heterocycles. The summed E-state index contributed by atoms with van der Waals surface area (Å²) in [7, 11) is -1.92. The third-order valence-electron chi connectivity index (χ3n) is 8.63. The third kappa shape index (κ3) is 6.70. The maximum atomic E-state index is 13.9. The molecule has 10 heteroatoms. The molecule has 0 aromatic heterocycles. The predicted molar refractivity (Wildman–Crippen MR) is 160 cm³/mol. The Labute approximate surface area is 243 Å². The molecule has 2 saturated carbocycles. The zero-order valence-corrected chi connectivity index (χ0v) is 25.7. The van der Waals surface area contributed by atoms with Crippen LogP contribution in [-0.2, 0) is 19.6 Å². The molecule has 3 aliphatic rings. The fourth-order valence-electron chi connectivity index (χ4n) is 6.74. The zero-order valence-electron chi connectivity index (χ0n) is 23.2. The molecule has 7 nitrogen and oxygen atoms in total. The average Bonchev–Trinajstić information content (AvgIpc) is 3.20. The number of hydrogen-bond acceptors (Lipinski definition) is 7. The number of thioether (sulfide) groups is 1. The van der Waals surface area contributed by atoms with E-state index in [1.165, 1.54) is 60.9 Å². The van der Waals surface area contributed by atoms with E-state index < -0.39 is 22.5 Å². The molecule has 1 aromatic carbocycles. The number of thiocarbonyl (C=S) groups is 1. The summed E-state index contributed by atoms with van der Waals surface area (Å²) in [4.78, 5) is 31.0. The second kappa shape index (κ2) is 13.2. The highest BCUT2D eigenvalue weighted by Crippen LogP contribution is 2.50. The molecule has 0 radical (unpaired) electrons. The summed E-state index contributed by atoms with van der Waals surface area (Å²) >= 11 is 6.87. The molecule has 3 fully saturated rings. The van der Waals surface area contributed by atoms with Crippen molar-refractivity contribution in [2.45, 2.75) is 89.0 Å². The van der Waals surface area contributed by atoms with Crippen LogP contribution in [0.4, 0.5) is 0 Å². The number of amides is 2. The molecule has 2 amide bonds. The highest BCUT2D eigenvalue weighted by molar-refractivity contribution is 8.26. The standard InChI is InChI=1S/C29H41N3O4S3/c1-4-12-21(5-2)31(3)26(24-18-11-14-20-13-9-10-17-23(20)24)27-28(34)32(29(37)38-27)19-25(33)30-39(35,36)22-15-7-6-8-16-22/h6-8,15-16,20-21,23-24H,4-5,9-14,17-19H2,1-3H3,(H,30,33). The molecule has 1 aliphatic heterocycles. The van der Waals surface area contributed by atoms with E-state index in [1.54, 1.807) is 18.2 Å².